The molecular weight excluding hydrogens is 419 g/mol. The number of carbonyl (C=O) groups excluding carboxylic acids is 2. The minimum absolute atomic E-state index is 0.00981. The van der Waals surface area contributed by atoms with E-state index >= 15 is 0 Å². The van der Waals surface area contributed by atoms with E-state index in [0.717, 1.165) is 36.8 Å². The van der Waals surface area contributed by atoms with Crippen LogP contribution in [0.4, 0.5) is 4.39 Å². The number of nitriles is 1. The Morgan fingerprint density at radius 1 is 1.00 bits per heavy atom. The molecule has 0 spiro atoms. The Bertz CT molecular complexity index is 1110. The summed E-state index contributed by atoms with van der Waals surface area (Å²) in [6, 6.07) is 15.2. The molecule has 1 heterocycles. The molecule has 0 aliphatic carbocycles. The lowest BCUT2D eigenvalue weighted by molar-refractivity contribution is -0.140. The van der Waals surface area contributed by atoms with Gasteiger partial charge in [-0.05, 0) is 60.4 Å². The molecule has 2 aromatic rings. The van der Waals surface area contributed by atoms with Gasteiger partial charge in [0.05, 0.1) is 0 Å². The average Bonchev–Trinajstić information content (AvgIpc) is 2.82. The van der Waals surface area contributed by atoms with Gasteiger partial charge in [0.1, 0.15) is 29.8 Å². The van der Waals surface area contributed by atoms with Crippen LogP contribution in [0.5, 0.6) is 5.75 Å². The maximum atomic E-state index is 13.1. The van der Waals surface area contributed by atoms with Crippen molar-refractivity contribution in [2.24, 2.45) is 0 Å². The van der Waals surface area contributed by atoms with Gasteiger partial charge in [-0.1, -0.05) is 50.5 Å². The Morgan fingerprint density at radius 2 is 1.70 bits per heavy atom. The highest BCUT2D eigenvalue weighted by atomic mass is 19.1. The Kier molecular flexibility index (Phi) is 8.15. The average molecular weight is 447 g/mol. The van der Waals surface area contributed by atoms with E-state index in [1.54, 1.807) is 37.3 Å². The number of unbranched alkanes of at least 4 members (excludes halogenated alkanes) is 3. The lowest BCUT2D eigenvalue weighted by Crippen LogP contribution is -2.43. The minimum atomic E-state index is -0.516. The molecule has 0 saturated carbocycles. The van der Waals surface area contributed by atoms with Crippen molar-refractivity contribution in [1.82, 2.24) is 4.90 Å². The van der Waals surface area contributed by atoms with Crippen molar-refractivity contribution in [3.63, 3.8) is 0 Å². The fourth-order valence-electron chi connectivity index (χ4n) is 3.60. The Balaban J connectivity index is 1.76. The number of benzene rings is 2. The van der Waals surface area contributed by atoms with E-state index in [2.05, 4.69) is 6.92 Å². The number of ether oxygens (including phenoxy) is 1. The monoisotopic (exact) mass is 446 g/mol. The zero-order valence-corrected chi connectivity index (χ0v) is 18.9. The third-order valence-electron chi connectivity index (χ3n) is 5.57. The predicted octanol–water partition coefficient (Wildman–Crippen LogP) is 5.58. The number of amides is 2. The van der Waals surface area contributed by atoms with Crippen LogP contribution in [0.3, 0.4) is 0 Å². The number of rotatable bonds is 9. The number of carbonyl (C=O) groups is 2. The van der Waals surface area contributed by atoms with Crippen LogP contribution in [-0.4, -0.2) is 23.3 Å². The van der Waals surface area contributed by atoms with Gasteiger partial charge in [0.25, 0.3) is 11.8 Å². The molecule has 1 aliphatic heterocycles. The first-order valence-electron chi connectivity index (χ1n) is 11.1. The number of halogens is 1. The SMILES string of the molecule is CCCCCCN1C(=O)C(C#N)=C(C)/C(=C\c2ccc(OCc3ccc(F)cc3)cc2)C1=O. The molecule has 33 heavy (non-hydrogen) atoms. The van der Waals surface area contributed by atoms with Crippen molar-refractivity contribution in [3.05, 3.63) is 82.2 Å². The molecule has 0 radical (unpaired) electrons. The van der Waals surface area contributed by atoms with Gasteiger partial charge in [-0.2, -0.15) is 5.26 Å². The summed E-state index contributed by atoms with van der Waals surface area (Å²) in [6.45, 7) is 4.34. The first-order valence-corrected chi connectivity index (χ1v) is 11.1. The van der Waals surface area contributed by atoms with E-state index in [-0.39, 0.29) is 17.3 Å². The van der Waals surface area contributed by atoms with Gasteiger partial charge in [0, 0.05) is 12.1 Å². The highest BCUT2D eigenvalue weighted by molar-refractivity contribution is 6.19. The molecule has 170 valence electrons. The van der Waals surface area contributed by atoms with Crippen molar-refractivity contribution in [1.29, 1.82) is 5.26 Å². The smallest absolute Gasteiger partial charge is 0.271 e. The molecule has 2 amide bonds. The normalized spacial score (nSPS) is 15.2. The zero-order chi connectivity index (χ0) is 23.8. The predicted molar refractivity (Wildman–Crippen MR) is 124 cm³/mol. The third-order valence-corrected chi connectivity index (χ3v) is 5.57. The van der Waals surface area contributed by atoms with E-state index in [1.807, 2.05) is 18.2 Å². The summed E-state index contributed by atoms with van der Waals surface area (Å²) >= 11 is 0. The maximum absolute atomic E-state index is 13.1. The molecule has 0 aromatic heterocycles. The highest BCUT2D eigenvalue weighted by Gasteiger charge is 2.34. The molecule has 3 rings (SSSR count). The van der Waals surface area contributed by atoms with Gasteiger partial charge < -0.3 is 4.74 Å². The van der Waals surface area contributed by atoms with Gasteiger partial charge >= 0.3 is 0 Å². The second-order valence-electron chi connectivity index (χ2n) is 7.98. The first-order chi connectivity index (χ1) is 15.9. The molecule has 0 N–H and O–H groups in total. The number of nitrogens with zero attached hydrogens (tertiary/aromatic N) is 2. The Hall–Kier alpha value is -3.72. The van der Waals surface area contributed by atoms with Crippen molar-refractivity contribution in [2.45, 2.75) is 46.1 Å². The fourth-order valence-corrected chi connectivity index (χ4v) is 3.60. The summed E-state index contributed by atoms with van der Waals surface area (Å²) in [5.74, 6) is -0.546. The fraction of sp³-hybridized carbons (Fsp3) is 0.296. The highest BCUT2D eigenvalue weighted by Crippen LogP contribution is 2.28. The molecule has 0 atom stereocenters. The molecule has 0 fully saturated rings. The molecule has 0 unspecified atom stereocenters. The van der Waals surface area contributed by atoms with Crippen LogP contribution in [0, 0.1) is 17.1 Å². The van der Waals surface area contributed by atoms with Crippen LogP contribution in [-0.2, 0) is 16.2 Å². The summed E-state index contributed by atoms with van der Waals surface area (Å²) in [4.78, 5) is 26.9. The Morgan fingerprint density at radius 3 is 2.33 bits per heavy atom. The van der Waals surface area contributed by atoms with Crippen molar-refractivity contribution in [2.75, 3.05) is 6.54 Å². The van der Waals surface area contributed by atoms with Gasteiger partial charge in [0.2, 0.25) is 0 Å². The summed E-state index contributed by atoms with van der Waals surface area (Å²) in [5.41, 5.74) is 2.36. The van der Waals surface area contributed by atoms with Gasteiger partial charge in [-0.25, -0.2) is 4.39 Å². The molecule has 0 bridgehead atoms. The summed E-state index contributed by atoms with van der Waals surface area (Å²) in [7, 11) is 0. The van der Waals surface area contributed by atoms with Gasteiger partial charge in [-0.15, -0.1) is 0 Å². The van der Waals surface area contributed by atoms with Crippen molar-refractivity contribution in [3.8, 4) is 11.8 Å². The van der Waals surface area contributed by atoms with E-state index in [1.165, 1.54) is 17.0 Å². The van der Waals surface area contributed by atoms with Gasteiger partial charge in [0.15, 0.2) is 0 Å². The third kappa shape index (κ3) is 5.95. The number of hydrogen-bond donors (Lipinski definition) is 0. The number of hydrogen-bond acceptors (Lipinski definition) is 4. The van der Waals surface area contributed by atoms with E-state index in [4.69, 9.17) is 4.74 Å². The summed E-state index contributed by atoms with van der Waals surface area (Å²) in [6.07, 6.45) is 5.44. The topological polar surface area (TPSA) is 70.4 Å². The van der Waals surface area contributed by atoms with E-state index in [0.29, 0.717) is 30.0 Å². The summed E-state index contributed by atoms with van der Waals surface area (Å²) in [5, 5.41) is 9.50. The molecule has 5 nitrogen and oxygen atoms in total. The van der Waals surface area contributed by atoms with Gasteiger partial charge in [-0.3, -0.25) is 14.5 Å². The van der Waals surface area contributed by atoms with Crippen molar-refractivity contribution < 1.29 is 18.7 Å². The van der Waals surface area contributed by atoms with Crippen LogP contribution >= 0.6 is 0 Å². The zero-order valence-electron chi connectivity index (χ0n) is 18.9. The van der Waals surface area contributed by atoms with Crippen molar-refractivity contribution >= 4 is 17.9 Å². The van der Waals surface area contributed by atoms with Crippen LogP contribution in [0.15, 0.2) is 65.3 Å². The van der Waals surface area contributed by atoms with Crippen LogP contribution in [0.25, 0.3) is 6.08 Å². The second kappa shape index (κ2) is 11.2. The second-order valence-corrected chi connectivity index (χ2v) is 7.98. The Labute approximate surface area is 193 Å². The maximum Gasteiger partial charge on any atom is 0.271 e. The molecule has 6 heteroatoms. The molecule has 2 aromatic carbocycles. The lowest BCUT2D eigenvalue weighted by Gasteiger charge is -2.27. The summed E-state index contributed by atoms with van der Waals surface area (Å²) < 4.78 is 18.7. The van der Waals surface area contributed by atoms with E-state index < -0.39 is 5.91 Å². The molecule has 0 saturated heterocycles. The first kappa shape index (κ1) is 23.9. The van der Waals surface area contributed by atoms with Crippen LogP contribution in [0.1, 0.15) is 50.7 Å². The van der Waals surface area contributed by atoms with Crippen LogP contribution < -0.4 is 4.74 Å². The minimum Gasteiger partial charge on any atom is -0.489 e. The van der Waals surface area contributed by atoms with Crippen LogP contribution in [0.2, 0.25) is 0 Å². The molecular formula is C27H27FN2O3. The lowest BCUT2D eigenvalue weighted by atomic mass is 9.93. The quantitative estimate of drug-likeness (QED) is 0.287. The van der Waals surface area contributed by atoms with E-state index in [9.17, 15) is 19.2 Å². The number of imide groups is 1. The standard InChI is InChI=1S/C27H27FN2O3/c1-3-4-5-6-15-30-26(31)24(19(2)25(17-29)27(30)32)16-20-9-13-23(14-10-20)33-18-21-7-11-22(28)12-8-21/h7-14,16H,3-6,15,18H2,1-2H3/b24-16+. The molecule has 1 aliphatic rings. The largest absolute Gasteiger partial charge is 0.489 e.